The highest BCUT2D eigenvalue weighted by molar-refractivity contribution is 8.13. The van der Waals surface area contributed by atoms with Gasteiger partial charge in [-0.25, -0.2) is 0 Å². The van der Waals surface area contributed by atoms with Gasteiger partial charge >= 0.3 is 0 Å². The molecule has 0 aliphatic heterocycles. The van der Waals surface area contributed by atoms with Gasteiger partial charge in [0.25, 0.3) is 0 Å². The number of carbonyl (C=O) groups is 1. The molecule has 1 aromatic carbocycles. The number of rotatable bonds is 3. The van der Waals surface area contributed by atoms with E-state index in [0.717, 1.165) is 16.7 Å². The summed E-state index contributed by atoms with van der Waals surface area (Å²) in [6, 6.07) is 5.90. The van der Waals surface area contributed by atoms with E-state index in [1.54, 1.807) is 6.92 Å². The highest BCUT2D eigenvalue weighted by atomic mass is 32.2. The molecule has 2 nitrogen and oxygen atoms in total. The molecule has 0 N–H and O–H groups in total. The van der Waals surface area contributed by atoms with Gasteiger partial charge < -0.3 is 0 Å². The molecule has 1 rings (SSSR count). The predicted octanol–water partition coefficient (Wildman–Crippen LogP) is 3.47. The number of thioether (sulfide) groups is 1. The summed E-state index contributed by atoms with van der Waals surface area (Å²) in [7, 11) is 0. The van der Waals surface area contributed by atoms with Crippen LogP contribution in [0.1, 0.15) is 29.2 Å². The number of nitrogens with zero attached hydrogens (tertiary/aromatic N) is 1. The standard InChI is InChI=1S/C14H15NOS/c1-10-7-13(9-15)8-11(2)14(10)5-4-6-17-12(3)16/h4-5,7-8H,6H2,1-3H3. The first-order valence-corrected chi connectivity index (χ1v) is 6.34. The molecule has 0 heterocycles. The zero-order valence-corrected chi connectivity index (χ0v) is 11.1. The minimum atomic E-state index is 0.128. The summed E-state index contributed by atoms with van der Waals surface area (Å²) in [5.41, 5.74) is 4.00. The Balaban J connectivity index is 2.85. The maximum Gasteiger partial charge on any atom is 0.186 e. The Morgan fingerprint density at radius 3 is 2.47 bits per heavy atom. The van der Waals surface area contributed by atoms with E-state index in [1.807, 2.05) is 38.1 Å². The molecule has 0 aliphatic carbocycles. The van der Waals surface area contributed by atoms with Crippen molar-refractivity contribution in [3.05, 3.63) is 40.5 Å². The van der Waals surface area contributed by atoms with Crippen LogP contribution in [0.5, 0.6) is 0 Å². The van der Waals surface area contributed by atoms with Crippen molar-refractivity contribution in [1.82, 2.24) is 0 Å². The van der Waals surface area contributed by atoms with Crippen molar-refractivity contribution < 1.29 is 4.79 Å². The Morgan fingerprint density at radius 2 is 2.00 bits per heavy atom. The van der Waals surface area contributed by atoms with Gasteiger partial charge in [-0.3, -0.25) is 4.79 Å². The van der Waals surface area contributed by atoms with Crippen LogP contribution in [0.25, 0.3) is 6.08 Å². The van der Waals surface area contributed by atoms with Gasteiger partial charge in [0, 0.05) is 12.7 Å². The van der Waals surface area contributed by atoms with Crippen LogP contribution in [0.3, 0.4) is 0 Å². The molecule has 1 aromatic rings. The monoisotopic (exact) mass is 245 g/mol. The first-order chi connectivity index (χ1) is 8.04. The van der Waals surface area contributed by atoms with Crippen LogP contribution >= 0.6 is 11.8 Å². The summed E-state index contributed by atoms with van der Waals surface area (Å²) < 4.78 is 0. The highest BCUT2D eigenvalue weighted by Gasteiger charge is 2.01. The van der Waals surface area contributed by atoms with Crippen LogP contribution in [0.4, 0.5) is 0 Å². The molecular weight excluding hydrogens is 230 g/mol. The smallest absolute Gasteiger partial charge is 0.186 e. The molecule has 0 aromatic heterocycles. The lowest BCUT2D eigenvalue weighted by atomic mass is 9.99. The lowest BCUT2D eigenvalue weighted by Gasteiger charge is -2.05. The summed E-state index contributed by atoms with van der Waals surface area (Å²) in [6.07, 6.45) is 4.00. The zero-order chi connectivity index (χ0) is 12.8. The third-order valence-corrected chi connectivity index (χ3v) is 3.16. The predicted molar refractivity (Wildman–Crippen MR) is 72.8 cm³/mol. The van der Waals surface area contributed by atoms with Crippen LogP contribution in [-0.4, -0.2) is 10.9 Å². The molecule has 0 unspecified atom stereocenters. The molecule has 0 saturated heterocycles. The van der Waals surface area contributed by atoms with Crippen molar-refractivity contribution in [1.29, 1.82) is 5.26 Å². The van der Waals surface area contributed by atoms with Gasteiger partial charge in [-0.05, 0) is 42.7 Å². The van der Waals surface area contributed by atoms with E-state index < -0.39 is 0 Å². The number of nitriles is 1. The normalized spacial score (nSPS) is 10.5. The molecular formula is C14H15NOS. The summed E-state index contributed by atoms with van der Waals surface area (Å²) in [4.78, 5) is 10.8. The number of benzene rings is 1. The fourth-order valence-corrected chi connectivity index (χ4v) is 2.06. The van der Waals surface area contributed by atoms with Crippen LogP contribution in [-0.2, 0) is 4.79 Å². The number of hydrogen-bond acceptors (Lipinski definition) is 3. The Morgan fingerprint density at radius 1 is 1.41 bits per heavy atom. The number of hydrogen-bond donors (Lipinski definition) is 0. The van der Waals surface area contributed by atoms with Gasteiger partial charge in [0.15, 0.2) is 5.12 Å². The van der Waals surface area contributed by atoms with E-state index in [0.29, 0.717) is 11.3 Å². The van der Waals surface area contributed by atoms with E-state index in [1.165, 1.54) is 11.8 Å². The Hall–Kier alpha value is -1.53. The van der Waals surface area contributed by atoms with Gasteiger partial charge in [-0.15, -0.1) is 0 Å². The molecule has 0 amide bonds. The summed E-state index contributed by atoms with van der Waals surface area (Å²) >= 11 is 1.29. The fourth-order valence-electron chi connectivity index (χ4n) is 1.63. The van der Waals surface area contributed by atoms with E-state index >= 15 is 0 Å². The lowest BCUT2D eigenvalue weighted by Crippen LogP contribution is -1.89. The average Bonchev–Trinajstić information content (AvgIpc) is 2.26. The quantitative estimate of drug-likeness (QED) is 0.818. The van der Waals surface area contributed by atoms with E-state index in [4.69, 9.17) is 5.26 Å². The maximum atomic E-state index is 10.8. The van der Waals surface area contributed by atoms with Crippen LogP contribution in [0.15, 0.2) is 18.2 Å². The highest BCUT2D eigenvalue weighted by Crippen LogP contribution is 2.18. The van der Waals surface area contributed by atoms with Crippen LogP contribution in [0, 0.1) is 25.2 Å². The van der Waals surface area contributed by atoms with Gasteiger partial charge in [-0.2, -0.15) is 5.26 Å². The summed E-state index contributed by atoms with van der Waals surface area (Å²) in [6.45, 7) is 5.55. The third kappa shape index (κ3) is 4.08. The van der Waals surface area contributed by atoms with E-state index in [-0.39, 0.29) is 5.12 Å². The molecule has 17 heavy (non-hydrogen) atoms. The Labute approximate surface area is 106 Å². The zero-order valence-electron chi connectivity index (χ0n) is 10.3. The average molecular weight is 245 g/mol. The topological polar surface area (TPSA) is 40.9 Å². The molecule has 3 heteroatoms. The Bertz CT molecular complexity index is 474. The number of aryl methyl sites for hydroxylation is 2. The third-order valence-electron chi connectivity index (χ3n) is 2.39. The summed E-state index contributed by atoms with van der Waals surface area (Å²) in [5.74, 6) is 0.689. The van der Waals surface area contributed by atoms with Crippen LogP contribution in [0.2, 0.25) is 0 Å². The molecule has 0 spiro atoms. The minimum absolute atomic E-state index is 0.128. The first kappa shape index (κ1) is 13.5. The van der Waals surface area contributed by atoms with Crippen molar-refractivity contribution in [2.45, 2.75) is 20.8 Å². The fraction of sp³-hybridized carbons (Fsp3) is 0.286. The maximum absolute atomic E-state index is 10.8. The Kier molecular flexibility index (Phi) is 4.99. The second-order valence-corrected chi connectivity index (χ2v) is 5.04. The van der Waals surface area contributed by atoms with Crippen molar-refractivity contribution in [3.8, 4) is 6.07 Å². The molecule has 0 saturated carbocycles. The second kappa shape index (κ2) is 6.27. The van der Waals surface area contributed by atoms with E-state index in [2.05, 4.69) is 6.07 Å². The molecule has 0 radical (unpaired) electrons. The van der Waals surface area contributed by atoms with Crippen LogP contribution < -0.4 is 0 Å². The van der Waals surface area contributed by atoms with Crippen molar-refractivity contribution in [2.75, 3.05) is 5.75 Å². The molecule has 0 atom stereocenters. The summed E-state index contributed by atoms with van der Waals surface area (Å²) in [5, 5.41) is 8.97. The van der Waals surface area contributed by atoms with Gasteiger partial charge in [-0.1, -0.05) is 23.9 Å². The largest absolute Gasteiger partial charge is 0.288 e. The van der Waals surface area contributed by atoms with Crippen molar-refractivity contribution in [3.63, 3.8) is 0 Å². The second-order valence-electron chi connectivity index (χ2n) is 3.84. The molecule has 88 valence electrons. The van der Waals surface area contributed by atoms with Crippen molar-refractivity contribution >= 4 is 23.0 Å². The molecule has 0 bridgehead atoms. The molecule has 0 fully saturated rings. The molecule has 0 aliphatic rings. The van der Waals surface area contributed by atoms with Crippen molar-refractivity contribution in [2.24, 2.45) is 0 Å². The lowest BCUT2D eigenvalue weighted by molar-refractivity contribution is -0.109. The van der Waals surface area contributed by atoms with Gasteiger partial charge in [0.05, 0.1) is 11.6 Å². The number of carbonyl (C=O) groups excluding carboxylic acids is 1. The van der Waals surface area contributed by atoms with Gasteiger partial charge in [0.1, 0.15) is 0 Å². The van der Waals surface area contributed by atoms with E-state index in [9.17, 15) is 4.79 Å². The van der Waals surface area contributed by atoms with Gasteiger partial charge in [0.2, 0.25) is 0 Å². The minimum Gasteiger partial charge on any atom is -0.288 e. The SMILES string of the molecule is CC(=O)SCC=Cc1c(C)cc(C#N)cc1C. The first-order valence-electron chi connectivity index (χ1n) is 5.36.